The van der Waals surface area contributed by atoms with E-state index in [1.807, 2.05) is 0 Å². The Labute approximate surface area is 91.4 Å². The Bertz CT molecular complexity index is 287. The molecule has 15 heavy (non-hydrogen) atoms. The van der Waals surface area contributed by atoms with E-state index in [0.717, 1.165) is 0 Å². The van der Waals surface area contributed by atoms with Crippen molar-refractivity contribution in [3.63, 3.8) is 0 Å². The minimum absolute atomic E-state index is 0.219. The lowest BCUT2D eigenvalue weighted by atomic mass is 9.89. The van der Waals surface area contributed by atoms with Gasteiger partial charge in [-0.1, -0.05) is 0 Å². The molecule has 0 aliphatic carbocycles. The number of hydrogen-bond donors (Lipinski definition) is 1. The fourth-order valence-corrected chi connectivity index (χ4v) is 3.77. The maximum atomic E-state index is 13.9. The van der Waals surface area contributed by atoms with Gasteiger partial charge in [-0.05, 0) is 39.2 Å². The van der Waals surface area contributed by atoms with E-state index in [0.29, 0.717) is 25.8 Å². The molecule has 0 radical (unpaired) electrons. The van der Waals surface area contributed by atoms with Crippen LogP contribution in [0.15, 0.2) is 0 Å². The number of nitrogens with one attached hydrogen (secondary N) is 1. The molecule has 5 heteroatoms. The fourth-order valence-electron chi connectivity index (χ4n) is 2.19. The molecule has 1 unspecified atom stereocenters. The molecular formula is C10H20FNO2S. The van der Waals surface area contributed by atoms with Crippen LogP contribution in [-0.4, -0.2) is 39.2 Å². The molecule has 0 bridgehead atoms. The van der Waals surface area contributed by atoms with Gasteiger partial charge in [0, 0.05) is 6.54 Å². The van der Waals surface area contributed by atoms with Crippen LogP contribution in [0.4, 0.5) is 4.39 Å². The molecule has 0 spiro atoms. The molecule has 1 fully saturated rings. The van der Waals surface area contributed by atoms with Gasteiger partial charge in [-0.2, -0.15) is 0 Å². The quantitative estimate of drug-likeness (QED) is 0.798. The minimum atomic E-state index is -2.82. The van der Waals surface area contributed by atoms with Gasteiger partial charge in [0.25, 0.3) is 0 Å². The summed E-state index contributed by atoms with van der Waals surface area (Å²) in [6, 6.07) is 0. The van der Waals surface area contributed by atoms with Gasteiger partial charge in [0.2, 0.25) is 0 Å². The predicted octanol–water partition coefficient (Wildman–Crippen LogP) is 1.15. The Morgan fingerprint density at radius 1 is 1.40 bits per heavy atom. The van der Waals surface area contributed by atoms with Gasteiger partial charge in [0.05, 0.1) is 11.5 Å². The lowest BCUT2D eigenvalue weighted by Crippen LogP contribution is -2.36. The SMILES string of the molecule is CNCC(C)(F)CC1CCS(=O)(=O)CC1. The Morgan fingerprint density at radius 2 is 1.93 bits per heavy atom. The average molecular weight is 237 g/mol. The molecule has 0 saturated carbocycles. The molecule has 1 saturated heterocycles. The second-order valence-electron chi connectivity index (χ2n) is 4.74. The summed E-state index contributed by atoms with van der Waals surface area (Å²) in [7, 11) is -1.10. The van der Waals surface area contributed by atoms with Gasteiger partial charge >= 0.3 is 0 Å². The maximum absolute atomic E-state index is 13.9. The third-order valence-electron chi connectivity index (χ3n) is 2.93. The van der Waals surface area contributed by atoms with Crippen LogP contribution >= 0.6 is 0 Å². The first kappa shape index (κ1) is 12.9. The van der Waals surface area contributed by atoms with Crippen molar-refractivity contribution >= 4 is 9.84 Å². The van der Waals surface area contributed by atoms with E-state index >= 15 is 0 Å². The molecule has 1 aliphatic rings. The van der Waals surface area contributed by atoms with E-state index in [1.165, 1.54) is 0 Å². The third kappa shape index (κ3) is 4.47. The summed E-state index contributed by atoms with van der Waals surface area (Å²) in [4.78, 5) is 0. The van der Waals surface area contributed by atoms with Crippen molar-refractivity contribution in [2.24, 2.45) is 5.92 Å². The zero-order chi connectivity index (χ0) is 11.5. The first-order valence-corrected chi connectivity index (χ1v) is 7.21. The minimum Gasteiger partial charge on any atom is -0.317 e. The molecule has 1 N–H and O–H groups in total. The van der Waals surface area contributed by atoms with Crippen LogP contribution in [-0.2, 0) is 9.84 Å². The molecule has 0 aromatic rings. The van der Waals surface area contributed by atoms with Crippen molar-refractivity contribution in [2.75, 3.05) is 25.1 Å². The molecule has 1 rings (SSSR count). The van der Waals surface area contributed by atoms with Gasteiger partial charge < -0.3 is 5.32 Å². The molecule has 1 aliphatic heterocycles. The van der Waals surface area contributed by atoms with Crippen LogP contribution in [0.2, 0.25) is 0 Å². The fraction of sp³-hybridized carbons (Fsp3) is 1.00. The van der Waals surface area contributed by atoms with E-state index in [1.54, 1.807) is 14.0 Å². The smallest absolute Gasteiger partial charge is 0.150 e. The number of hydrogen-bond acceptors (Lipinski definition) is 3. The second kappa shape index (κ2) is 4.78. The summed E-state index contributed by atoms with van der Waals surface area (Å²) in [5, 5.41) is 2.82. The highest BCUT2D eigenvalue weighted by Gasteiger charge is 2.31. The molecule has 3 nitrogen and oxygen atoms in total. The van der Waals surface area contributed by atoms with Gasteiger partial charge in [-0.25, -0.2) is 12.8 Å². The standard InChI is InChI=1S/C10H20FNO2S/c1-10(11,8-12-2)7-9-3-5-15(13,14)6-4-9/h9,12H,3-8H2,1-2H3. The van der Waals surface area contributed by atoms with Crippen molar-refractivity contribution in [3.8, 4) is 0 Å². The highest BCUT2D eigenvalue weighted by molar-refractivity contribution is 7.91. The number of rotatable bonds is 4. The number of sulfone groups is 1. The van der Waals surface area contributed by atoms with E-state index in [9.17, 15) is 12.8 Å². The van der Waals surface area contributed by atoms with Gasteiger partial charge in [-0.3, -0.25) is 0 Å². The predicted molar refractivity (Wildman–Crippen MR) is 59.4 cm³/mol. The normalized spacial score (nSPS) is 26.1. The molecule has 0 aromatic carbocycles. The molecular weight excluding hydrogens is 217 g/mol. The Hall–Kier alpha value is -0.160. The van der Waals surface area contributed by atoms with E-state index in [2.05, 4.69) is 5.32 Å². The highest BCUT2D eigenvalue weighted by Crippen LogP contribution is 2.29. The number of alkyl halides is 1. The van der Waals surface area contributed by atoms with Crippen LogP contribution in [0.25, 0.3) is 0 Å². The van der Waals surface area contributed by atoms with Crippen LogP contribution in [0.5, 0.6) is 0 Å². The van der Waals surface area contributed by atoms with Crippen LogP contribution in [0.1, 0.15) is 26.2 Å². The zero-order valence-electron chi connectivity index (χ0n) is 9.42. The van der Waals surface area contributed by atoms with E-state index < -0.39 is 15.5 Å². The summed E-state index contributed by atoms with van der Waals surface area (Å²) < 4.78 is 36.2. The van der Waals surface area contributed by atoms with Crippen molar-refractivity contribution in [3.05, 3.63) is 0 Å². The maximum Gasteiger partial charge on any atom is 0.150 e. The molecule has 1 atom stereocenters. The largest absolute Gasteiger partial charge is 0.317 e. The average Bonchev–Trinajstić information content (AvgIpc) is 2.08. The van der Waals surface area contributed by atoms with Crippen LogP contribution in [0, 0.1) is 5.92 Å². The molecule has 90 valence electrons. The molecule has 0 aromatic heterocycles. The van der Waals surface area contributed by atoms with Crippen LogP contribution in [0.3, 0.4) is 0 Å². The Morgan fingerprint density at radius 3 is 2.40 bits per heavy atom. The highest BCUT2D eigenvalue weighted by atomic mass is 32.2. The van der Waals surface area contributed by atoms with Gasteiger partial charge in [-0.15, -0.1) is 0 Å². The van der Waals surface area contributed by atoms with Crippen molar-refractivity contribution < 1.29 is 12.8 Å². The summed E-state index contributed by atoms with van der Waals surface area (Å²) >= 11 is 0. The lowest BCUT2D eigenvalue weighted by molar-refractivity contribution is 0.141. The lowest BCUT2D eigenvalue weighted by Gasteiger charge is -2.28. The first-order chi connectivity index (χ1) is 6.85. The number of halogens is 1. The molecule has 1 heterocycles. The second-order valence-corrected chi connectivity index (χ2v) is 7.05. The Kier molecular flexibility index (Phi) is 4.12. The summed E-state index contributed by atoms with van der Waals surface area (Å²) in [6.45, 7) is 1.91. The monoisotopic (exact) mass is 237 g/mol. The van der Waals surface area contributed by atoms with E-state index in [-0.39, 0.29) is 17.4 Å². The summed E-state index contributed by atoms with van der Waals surface area (Å²) in [5.41, 5.74) is -1.22. The van der Waals surface area contributed by atoms with Gasteiger partial charge in [0.15, 0.2) is 0 Å². The van der Waals surface area contributed by atoms with Crippen molar-refractivity contribution in [1.29, 1.82) is 0 Å². The topological polar surface area (TPSA) is 46.2 Å². The van der Waals surface area contributed by atoms with E-state index in [4.69, 9.17) is 0 Å². The zero-order valence-corrected chi connectivity index (χ0v) is 10.2. The first-order valence-electron chi connectivity index (χ1n) is 5.39. The summed E-state index contributed by atoms with van der Waals surface area (Å²) in [6.07, 6.45) is 1.69. The summed E-state index contributed by atoms with van der Waals surface area (Å²) in [5.74, 6) is 0.678. The molecule has 0 amide bonds. The van der Waals surface area contributed by atoms with Crippen molar-refractivity contribution in [1.82, 2.24) is 5.32 Å². The van der Waals surface area contributed by atoms with Crippen molar-refractivity contribution in [2.45, 2.75) is 31.9 Å². The van der Waals surface area contributed by atoms with Gasteiger partial charge in [0.1, 0.15) is 15.5 Å². The Balaban J connectivity index is 2.42. The van der Waals surface area contributed by atoms with Crippen LogP contribution < -0.4 is 5.32 Å². The third-order valence-corrected chi connectivity index (χ3v) is 4.65.